The molecule has 0 nitrogen and oxygen atoms in total. The van der Waals surface area contributed by atoms with E-state index in [9.17, 15) is 0 Å². The number of hydrogen-bond donors (Lipinski definition) is 0. The van der Waals surface area contributed by atoms with Crippen molar-refractivity contribution in [2.75, 3.05) is 0 Å². The molecule has 3 rings (SSSR count). The van der Waals surface area contributed by atoms with Crippen molar-refractivity contribution >= 4 is 58.4 Å². The van der Waals surface area contributed by atoms with E-state index in [1.54, 1.807) is 21.5 Å². The quantitative estimate of drug-likeness (QED) is 0.252. The summed E-state index contributed by atoms with van der Waals surface area (Å²) in [6.45, 7) is 10.6. The predicted molar refractivity (Wildman–Crippen MR) is 140 cm³/mol. The first-order chi connectivity index (χ1) is 13.3. The van der Waals surface area contributed by atoms with Gasteiger partial charge in [-0.15, -0.1) is 0 Å². The number of alkyl halides is 2. The molecule has 2 fully saturated rings. The molecule has 0 bridgehead atoms. The molecule has 0 amide bonds. The Labute approximate surface area is 192 Å². The van der Waals surface area contributed by atoms with Gasteiger partial charge in [0, 0.05) is 10.7 Å². The third-order valence-electron chi connectivity index (χ3n) is 8.26. The van der Waals surface area contributed by atoms with Gasteiger partial charge in [-0.1, -0.05) is 145 Å². The minimum atomic E-state index is -1.45. The van der Waals surface area contributed by atoms with Gasteiger partial charge >= 0.3 is 0 Å². The van der Waals surface area contributed by atoms with E-state index >= 15 is 0 Å². The highest BCUT2D eigenvalue weighted by atomic mass is 79.9. The smallest absolute Gasteiger partial charge is 0.0841 e. The van der Waals surface area contributed by atoms with Crippen LogP contribution >= 0.6 is 31.9 Å². The molecule has 0 atom stereocenters. The Morgan fingerprint density at radius 3 is 1.25 bits per heavy atom. The van der Waals surface area contributed by atoms with Crippen LogP contribution < -0.4 is 10.4 Å². The Bertz CT molecular complexity index is 599. The number of halogens is 2. The van der Waals surface area contributed by atoms with E-state index in [4.69, 9.17) is 0 Å². The molecule has 28 heavy (non-hydrogen) atoms. The van der Waals surface area contributed by atoms with Gasteiger partial charge in [-0.3, -0.25) is 0 Å². The lowest BCUT2D eigenvalue weighted by atomic mass is 10.0. The van der Waals surface area contributed by atoms with Crippen molar-refractivity contribution in [2.24, 2.45) is 0 Å². The van der Waals surface area contributed by atoms with E-state index in [-0.39, 0.29) is 0 Å². The fourth-order valence-corrected chi connectivity index (χ4v) is 15.3. The van der Waals surface area contributed by atoms with Crippen LogP contribution in [-0.4, -0.2) is 16.1 Å². The molecule has 0 aromatic heterocycles. The molecule has 0 spiro atoms. The summed E-state index contributed by atoms with van der Waals surface area (Å²) < 4.78 is 0. The topological polar surface area (TPSA) is 0 Å². The Hall–Kier alpha value is 0.614. The second-order valence-corrected chi connectivity index (χ2v) is 21.3. The van der Waals surface area contributed by atoms with Gasteiger partial charge in [0.05, 0.1) is 16.1 Å². The van der Waals surface area contributed by atoms with Gasteiger partial charge in [0.15, 0.2) is 0 Å². The molecule has 2 aliphatic rings. The molecule has 0 unspecified atom stereocenters. The number of benzene rings is 1. The van der Waals surface area contributed by atoms with Crippen LogP contribution in [-0.2, 0) is 10.7 Å². The first-order valence-corrected chi connectivity index (χ1v) is 20.0. The van der Waals surface area contributed by atoms with E-state index in [2.05, 4.69) is 70.2 Å². The Morgan fingerprint density at radius 2 is 0.964 bits per heavy atom. The number of rotatable bonds is 6. The van der Waals surface area contributed by atoms with Crippen LogP contribution in [0.15, 0.2) is 12.1 Å². The molecular formula is C24H40Br2Si2. The number of hydrogen-bond acceptors (Lipinski definition) is 0. The second kappa shape index (κ2) is 9.83. The van der Waals surface area contributed by atoms with Crippen molar-refractivity contribution in [3.05, 3.63) is 23.3 Å². The van der Waals surface area contributed by atoms with Crippen LogP contribution in [0, 0.1) is 0 Å². The monoisotopic (exact) mass is 542 g/mol. The highest BCUT2D eigenvalue weighted by Crippen LogP contribution is 2.39. The maximum Gasteiger partial charge on any atom is 0.0841 e. The average molecular weight is 545 g/mol. The SMILES string of the molecule is C[Si](C)(c1cc(CBr)c([Si](C)(C)C2CCCCC2)cc1CBr)C1CCCCC1. The van der Waals surface area contributed by atoms with Crippen LogP contribution in [0.4, 0.5) is 0 Å². The highest BCUT2D eigenvalue weighted by Gasteiger charge is 2.39. The van der Waals surface area contributed by atoms with Gasteiger partial charge in [0.1, 0.15) is 0 Å². The lowest BCUT2D eigenvalue weighted by molar-refractivity contribution is 0.494. The van der Waals surface area contributed by atoms with Gasteiger partial charge < -0.3 is 0 Å². The third kappa shape index (κ3) is 4.75. The zero-order valence-electron chi connectivity index (χ0n) is 18.6. The minimum absolute atomic E-state index is 0.969. The molecule has 2 aliphatic carbocycles. The van der Waals surface area contributed by atoms with Gasteiger partial charge in [0.25, 0.3) is 0 Å². The summed E-state index contributed by atoms with van der Waals surface area (Å²) in [6.07, 6.45) is 14.6. The zero-order chi connectivity index (χ0) is 20.4. The normalized spacial score (nSPS) is 20.5. The van der Waals surface area contributed by atoms with Crippen LogP contribution in [0.3, 0.4) is 0 Å². The van der Waals surface area contributed by atoms with Crippen molar-refractivity contribution in [3.63, 3.8) is 0 Å². The van der Waals surface area contributed by atoms with Gasteiger partial charge in [-0.05, 0) is 22.2 Å². The first-order valence-electron chi connectivity index (χ1n) is 11.6. The Morgan fingerprint density at radius 1 is 0.643 bits per heavy atom. The Kier molecular flexibility index (Phi) is 8.17. The molecule has 1 aromatic carbocycles. The summed E-state index contributed by atoms with van der Waals surface area (Å²) >= 11 is 7.79. The van der Waals surface area contributed by atoms with Crippen LogP contribution in [0.5, 0.6) is 0 Å². The maximum absolute atomic E-state index is 3.89. The molecule has 0 heterocycles. The summed E-state index contributed by atoms with van der Waals surface area (Å²) in [5.41, 5.74) is 5.19. The summed E-state index contributed by atoms with van der Waals surface area (Å²) in [5, 5.41) is 5.55. The molecule has 1 aromatic rings. The lowest BCUT2D eigenvalue weighted by Gasteiger charge is -2.40. The van der Waals surface area contributed by atoms with Crippen molar-refractivity contribution in [2.45, 2.75) is 112 Å². The maximum atomic E-state index is 3.89. The second-order valence-electron chi connectivity index (χ2n) is 10.5. The summed E-state index contributed by atoms with van der Waals surface area (Å²) in [6, 6.07) is 5.36. The molecule has 2 saturated carbocycles. The van der Waals surface area contributed by atoms with Crippen LogP contribution in [0.1, 0.15) is 75.3 Å². The van der Waals surface area contributed by atoms with E-state index in [0.29, 0.717) is 0 Å². The van der Waals surface area contributed by atoms with E-state index < -0.39 is 16.1 Å². The van der Waals surface area contributed by atoms with E-state index in [0.717, 1.165) is 21.7 Å². The predicted octanol–water partition coefficient (Wildman–Crippen LogP) is 7.98. The van der Waals surface area contributed by atoms with Crippen molar-refractivity contribution < 1.29 is 0 Å². The summed E-state index contributed by atoms with van der Waals surface area (Å²) in [5.74, 6) is 0. The van der Waals surface area contributed by atoms with Gasteiger partial charge in [0.2, 0.25) is 0 Å². The summed E-state index contributed by atoms with van der Waals surface area (Å²) in [7, 11) is -2.90. The molecule has 0 saturated heterocycles. The van der Waals surface area contributed by atoms with Crippen molar-refractivity contribution in [1.82, 2.24) is 0 Å². The Balaban J connectivity index is 2.02. The third-order valence-corrected chi connectivity index (χ3v) is 18.4. The summed E-state index contributed by atoms with van der Waals surface area (Å²) in [4.78, 5) is 0. The van der Waals surface area contributed by atoms with E-state index in [1.807, 2.05) is 0 Å². The fraction of sp³-hybridized carbons (Fsp3) is 0.750. The molecule has 158 valence electrons. The van der Waals surface area contributed by atoms with Crippen LogP contribution in [0.25, 0.3) is 0 Å². The van der Waals surface area contributed by atoms with Crippen molar-refractivity contribution in [1.29, 1.82) is 0 Å². The molecule has 0 aliphatic heterocycles. The fourth-order valence-electron chi connectivity index (χ4n) is 6.20. The molecule has 0 N–H and O–H groups in total. The van der Waals surface area contributed by atoms with Crippen LogP contribution in [0.2, 0.25) is 37.3 Å². The molecule has 4 heteroatoms. The highest BCUT2D eigenvalue weighted by molar-refractivity contribution is 9.08. The largest absolute Gasteiger partial charge is 0.0876 e. The van der Waals surface area contributed by atoms with Gasteiger partial charge in [-0.25, -0.2) is 0 Å². The zero-order valence-corrected chi connectivity index (χ0v) is 23.7. The first kappa shape index (κ1) is 23.3. The lowest BCUT2D eigenvalue weighted by Crippen LogP contribution is -2.53. The van der Waals surface area contributed by atoms with Crippen molar-refractivity contribution in [3.8, 4) is 0 Å². The van der Waals surface area contributed by atoms with E-state index in [1.165, 1.54) is 64.2 Å². The standard InChI is InChI=1S/C24H40Br2Si2/c1-27(2,21-11-7-5-8-12-21)23-15-20(18-26)24(16-19(23)17-25)28(3,4)22-13-9-6-10-14-22/h15-16,21-22H,5-14,17-18H2,1-4H3. The molecular weight excluding hydrogens is 504 g/mol. The molecule has 0 radical (unpaired) electrons. The van der Waals surface area contributed by atoms with Gasteiger partial charge in [-0.2, -0.15) is 0 Å². The minimum Gasteiger partial charge on any atom is -0.0876 e. The average Bonchev–Trinajstić information content (AvgIpc) is 2.73.